The molecule has 20 nitrogen and oxygen atoms in total. The Labute approximate surface area is 546 Å². The Morgan fingerprint density at radius 1 is 0.602 bits per heavy atom. The fraction of sp³-hybridized carbons (Fsp3) is 0.237. The highest BCUT2D eigenvalue weighted by molar-refractivity contribution is 9.10. The van der Waals surface area contributed by atoms with E-state index in [4.69, 9.17) is 59.8 Å². The number of nitro benzene ring substituents is 1. The zero-order valence-corrected chi connectivity index (χ0v) is 53.7. The molecule has 88 heavy (non-hydrogen) atoms. The number of carbonyl (C=O) groups is 5. The lowest BCUT2D eigenvalue weighted by molar-refractivity contribution is -0.384. The molecule has 0 atom stereocenters. The molecular formula is C59H67BBrCl3FN8O12S3. The molecule has 0 aliphatic heterocycles. The fourth-order valence-corrected chi connectivity index (χ4v) is 8.89. The summed E-state index contributed by atoms with van der Waals surface area (Å²) in [5.74, 6) is -0.371. The molecule has 0 aliphatic carbocycles. The minimum absolute atomic E-state index is 0. The van der Waals surface area contributed by atoms with Gasteiger partial charge in [-0.3, -0.25) is 40.4 Å². The van der Waals surface area contributed by atoms with Gasteiger partial charge in [0.1, 0.15) is 32.8 Å². The first-order valence-electron chi connectivity index (χ1n) is 24.8. The molecular weight excluding hydrogens is 1320 g/mol. The predicted octanol–water partition coefficient (Wildman–Crippen LogP) is 18.3. The SMILES string of the molecule is C.C.CC(C)(C)OC(=O)Nc1ccc(-c2cccs2)cc1N.CC(C)(C)OC(=O)Nc1ccc(-c2cccs2)cc1NC(=O)c1ccc(Cl)nc1.CC(C)(C)OC(=O)Nc1ccc(Br)cc1[N+](=O)[O-].F.O=C(Cl)c1ccc(Cl)nc1.O[B]Oc1cccs1. The van der Waals surface area contributed by atoms with Gasteiger partial charge in [-0.05, 0) is 186 Å². The summed E-state index contributed by atoms with van der Waals surface area (Å²) in [6.07, 6.45) is 0.880. The Morgan fingerprint density at radius 3 is 1.45 bits per heavy atom. The lowest BCUT2D eigenvalue weighted by Gasteiger charge is -2.21. The average Bonchev–Trinajstić information content (AvgIpc) is 4.33. The largest absolute Gasteiger partial charge is 0.569 e. The molecule has 471 valence electrons. The Balaban J connectivity index is 0.000000581. The number of thiophene rings is 3. The number of amides is 4. The molecule has 0 saturated heterocycles. The Bertz CT molecular complexity index is 3490. The van der Waals surface area contributed by atoms with Crippen LogP contribution in [0.3, 0.4) is 0 Å². The number of hydrogen-bond acceptors (Lipinski definition) is 18. The van der Waals surface area contributed by atoms with Crippen molar-refractivity contribution in [3.05, 3.63) is 180 Å². The monoisotopic (exact) mass is 1390 g/mol. The Kier molecular flexibility index (Phi) is 33.1. The molecule has 7 N–H and O–H groups in total. The molecule has 0 aliphatic rings. The van der Waals surface area contributed by atoms with Crippen LogP contribution in [0, 0.1) is 10.1 Å². The van der Waals surface area contributed by atoms with E-state index in [0.29, 0.717) is 61.4 Å². The molecule has 5 aromatic heterocycles. The number of pyridine rings is 2. The van der Waals surface area contributed by atoms with Crippen molar-refractivity contribution in [2.75, 3.05) is 27.0 Å². The topological polar surface area (TPSA) is 286 Å². The van der Waals surface area contributed by atoms with E-state index in [2.05, 4.69) is 51.8 Å². The van der Waals surface area contributed by atoms with Gasteiger partial charge in [0.05, 0.1) is 38.8 Å². The van der Waals surface area contributed by atoms with Crippen molar-refractivity contribution in [3.8, 4) is 25.9 Å². The van der Waals surface area contributed by atoms with Crippen LogP contribution in [0.15, 0.2) is 148 Å². The van der Waals surface area contributed by atoms with Crippen LogP contribution in [0.2, 0.25) is 10.3 Å². The third-order valence-electron chi connectivity index (χ3n) is 9.60. The molecule has 0 spiro atoms. The molecule has 0 bridgehead atoms. The van der Waals surface area contributed by atoms with Crippen molar-refractivity contribution in [3.63, 3.8) is 0 Å². The van der Waals surface area contributed by atoms with Crippen molar-refractivity contribution in [2.24, 2.45) is 0 Å². The van der Waals surface area contributed by atoms with Crippen LogP contribution in [0.25, 0.3) is 20.9 Å². The van der Waals surface area contributed by atoms with E-state index in [1.165, 1.54) is 48.0 Å². The third-order valence-corrected chi connectivity index (χ3v) is 13.4. The van der Waals surface area contributed by atoms with Crippen molar-refractivity contribution in [1.82, 2.24) is 9.97 Å². The number of hydrogen-bond donors (Lipinski definition) is 6. The summed E-state index contributed by atoms with van der Waals surface area (Å²) in [5, 5.41) is 36.1. The van der Waals surface area contributed by atoms with Crippen LogP contribution >= 0.6 is 84.7 Å². The highest BCUT2D eigenvalue weighted by Crippen LogP contribution is 2.34. The maximum atomic E-state index is 12.7. The first-order chi connectivity index (χ1) is 39.9. The maximum Gasteiger partial charge on any atom is 0.569 e. The van der Waals surface area contributed by atoms with Crippen LogP contribution in [0.1, 0.15) is 97.9 Å². The molecule has 0 unspecified atom stereocenters. The molecule has 0 fully saturated rings. The second-order valence-corrected chi connectivity index (χ2v) is 24.8. The van der Waals surface area contributed by atoms with Crippen molar-refractivity contribution in [1.29, 1.82) is 0 Å². The summed E-state index contributed by atoms with van der Waals surface area (Å²) in [4.78, 5) is 78.6. The normalized spacial score (nSPS) is 10.2. The molecule has 29 heteroatoms. The Hall–Kier alpha value is -7.69. The number of ether oxygens (including phenoxy) is 3. The highest BCUT2D eigenvalue weighted by Gasteiger charge is 2.22. The van der Waals surface area contributed by atoms with Gasteiger partial charge in [0.2, 0.25) is 0 Å². The number of halogens is 5. The molecule has 0 saturated carbocycles. The van der Waals surface area contributed by atoms with Crippen LogP contribution in [-0.4, -0.2) is 73.8 Å². The number of rotatable bonds is 11. The van der Waals surface area contributed by atoms with Gasteiger partial charge in [0.25, 0.3) is 16.8 Å². The summed E-state index contributed by atoms with van der Waals surface area (Å²) >= 11 is 24.2. The predicted molar refractivity (Wildman–Crippen MR) is 360 cm³/mol. The summed E-state index contributed by atoms with van der Waals surface area (Å²) in [7, 11) is 0.672. The third kappa shape index (κ3) is 29.3. The number of nitro groups is 1. The van der Waals surface area contributed by atoms with Crippen molar-refractivity contribution in [2.45, 2.75) is 94.0 Å². The average molecular weight is 1390 g/mol. The van der Waals surface area contributed by atoms with Gasteiger partial charge in [-0.15, -0.1) is 34.0 Å². The number of benzene rings is 3. The number of nitrogens with one attached hydrogen (secondary N) is 4. The van der Waals surface area contributed by atoms with Gasteiger partial charge in [-0.1, -0.05) is 78.3 Å². The van der Waals surface area contributed by atoms with Gasteiger partial charge < -0.3 is 34.9 Å². The minimum Gasteiger partial charge on any atom is -0.530 e. The highest BCUT2D eigenvalue weighted by atomic mass is 79.9. The Morgan fingerprint density at radius 2 is 1.05 bits per heavy atom. The lowest BCUT2D eigenvalue weighted by Crippen LogP contribution is -2.27. The number of nitrogen functional groups attached to an aromatic ring is 1. The molecule has 3 aromatic carbocycles. The molecule has 8 aromatic rings. The van der Waals surface area contributed by atoms with E-state index in [9.17, 15) is 34.1 Å². The number of anilines is 5. The van der Waals surface area contributed by atoms with Gasteiger partial charge in [-0.2, -0.15) is 0 Å². The summed E-state index contributed by atoms with van der Waals surface area (Å²) < 4.78 is 20.7. The zero-order chi connectivity index (χ0) is 63.1. The zero-order valence-electron chi connectivity index (χ0n) is 47.4. The second-order valence-electron chi connectivity index (χ2n) is 19.9. The van der Waals surface area contributed by atoms with E-state index < -0.39 is 45.2 Å². The number of aromatic nitrogens is 2. The molecule has 8 rings (SSSR count). The lowest BCUT2D eigenvalue weighted by atomic mass is 10.1. The van der Waals surface area contributed by atoms with Gasteiger partial charge >= 0.3 is 26.0 Å². The smallest absolute Gasteiger partial charge is 0.530 e. The number of carbonyl (C=O) groups excluding carboxylic acids is 5. The number of nitrogens with zero attached hydrogens (tertiary/aromatic N) is 3. The molecule has 1 radical (unpaired) electrons. The van der Waals surface area contributed by atoms with Gasteiger partial charge in [0.15, 0.2) is 5.06 Å². The standard InChI is InChI=1S/C21H20ClN3O3S.C15H18N2O2S.C11H13BrN2O4.C6H3Cl2NO.C4H4BO2S.2CH4.FH/c1-21(2,3)28-20(27)25-15-8-6-13(17-5-4-10-29-17)11-16(15)24-19(26)14-7-9-18(22)23-12-14;1-15(2,3)19-14(18)17-12-7-6-10(9-11(12)16)13-5-4-8-20-13;1-11(2,3)18-10(15)13-8-5-4-7(12)6-9(8)14(16)17;7-5-2-1-4(3-9-5)6(8)10;6-5-7-4-2-1-3-8-4;;;/h4-12H,1-3H3,(H,24,26)(H,25,27);4-9H,16H2,1-3H3,(H,17,18);4-6H,1-3H3,(H,13,15);1-3H;1-3,6H;2*1H4;1H. The second kappa shape index (κ2) is 37.2. The van der Waals surface area contributed by atoms with E-state index >= 15 is 0 Å². The summed E-state index contributed by atoms with van der Waals surface area (Å²) in [6, 6.07) is 33.0. The summed E-state index contributed by atoms with van der Waals surface area (Å²) in [6.45, 7) is 15.9. The van der Waals surface area contributed by atoms with Crippen LogP contribution in [0.5, 0.6) is 5.06 Å². The van der Waals surface area contributed by atoms with Gasteiger partial charge in [-0.25, -0.2) is 24.4 Å². The molecule has 5 heterocycles. The van der Waals surface area contributed by atoms with Gasteiger partial charge in [0, 0.05) is 32.7 Å². The van der Waals surface area contributed by atoms with Crippen LogP contribution in [0.4, 0.5) is 53.2 Å². The number of nitrogens with two attached hydrogens (primary N) is 1. The first-order valence-corrected chi connectivity index (χ1v) is 29.4. The summed E-state index contributed by atoms with van der Waals surface area (Å²) in [5.41, 5.74) is 8.63. The van der Waals surface area contributed by atoms with E-state index in [0.717, 1.165) is 20.9 Å². The van der Waals surface area contributed by atoms with Crippen LogP contribution in [-0.2, 0) is 14.2 Å². The minimum atomic E-state index is -0.729. The quantitative estimate of drug-likeness (QED) is 0.0133. The van der Waals surface area contributed by atoms with Crippen molar-refractivity contribution >= 4 is 156 Å². The molecule has 4 amide bonds. The fourth-order valence-electron chi connectivity index (χ4n) is 6.21. The van der Waals surface area contributed by atoms with Crippen molar-refractivity contribution < 1.29 is 57.5 Å². The van der Waals surface area contributed by atoms with Crippen LogP contribution < -0.4 is 31.7 Å². The van der Waals surface area contributed by atoms with E-state index in [1.807, 2.05) is 85.4 Å². The first kappa shape index (κ1) is 78.3. The van der Waals surface area contributed by atoms with E-state index in [-0.39, 0.29) is 36.8 Å². The van der Waals surface area contributed by atoms with E-state index in [1.54, 1.807) is 107 Å². The maximum absolute atomic E-state index is 12.7.